The van der Waals surface area contributed by atoms with Crippen LogP contribution in [0.3, 0.4) is 0 Å². The zero-order valence-corrected chi connectivity index (χ0v) is 13.8. The molecule has 0 atom stereocenters. The van der Waals surface area contributed by atoms with Crippen LogP contribution in [0.5, 0.6) is 5.75 Å². The lowest BCUT2D eigenvalue weighted by Crippen LogP contribution is -2.39. The van der Waals surface area contributed by atoms with E-state index in [1.54, 1.807) is 12.1 Å². The van der Waals surface area contributed by atoms with Gasteiger partial charge in [0.1, 0.15) is 5.82 Å². The van der Waals surface area contributed by atoms with Crippen LogP contribution in [0, 0.1) is 11.6 Å². The molecule has 0 aliphatic carbocycles. The van der Waals surface area contributed by atoms with Gasteiger partial charge >= 0.3 is 0 Å². The fraction of sp³-hybridized carbons (Fsp3) is 0.235. The number of aryl methyl sites for hydroxylation is 1. The Morgan fingerprint density at radius 2 is 2.04 bits per heavy atom. The predicted octanol–water partition coefficient (Wildman–Crippen LogP) is 4.09. The lowest BCUT2D eigenvalue weighted by Gasteiger charge is -2.29. The average molecular weight is 382 g/mol. The zero-order valence-electron chi connectivity index (χ0n) is 12.2. The zero-order chi connectivity index (χ0) is 16.4. The van der Waals surface area contributed by atoms with Crippen molar-refractivity contribution in [2.75, 3.05) is 18.1 Å². The lowest BCUT2D eigenvalue weighted by atomic mass is 10.0. The van der Waals surface area contributed by atoms with E-state index < -0.39 is 17.5 Å². The van der Waals surface area contributed by atoms with E-state index in [0.717, 1.165) is 18.4 Å². The van der Waals surface area contributed by atoms with Gasteiger partial charge in [0.15, 0.2) is 18.2 Å². The molecular weight excluding hydrogens is 368 g/mol. The van der Waals surface area contributed by atoms with Crippen molar-refractivity contribution in [2.45, 2.75) is 12.8 Å². The van der Waals surface area contributed by atoms with Crippen molar-refractivity contribution in [1.82, 2.24) is 0 Å². The molecule has 1 heterocycles. The summed E-state index contributed by atoms with van der Waals surface area (Å²) < 4.78 is 33.6. The van der Waals surface area contributed by atoms with Crippen LogP contribution in [-0.4, -0.2) is 19.1 Å². The van der Waals surface area contributed by atoms with Crippen LogP contribution in [-0.2, 0) is 11.2 Å². The Balaban J connectivity index is 1.75. The van der Waals surface area contributed by atoms with Crippen molar-refractivity contribution < 1.29 is 18.3 Å². The van der Waals surface area contributed by atoms with Crippen molar-refractivity contribution in [2.24, 2.45) is 0 Å². The smallest absolute Gasteiger partial charge is 0.265 e. The molecule has 120 valence electrons. The number of benzene rings is 2. The molecule has 0 aromatic heterocycles. The van der Waals surface area contributed by atoms with Gasteiger partial charge in [-0.1, -0.05) is 28.1 Å². The Labute approximate surface area is 141 Å². The Morgan fingerprint density at radius 1 is 1.22 bits per heavy atom. The third-order valence-electron chi connectivity index (χ3n) is 3.71. The maximum atomic E-state index is 14.1. The second kappa shape index (κ2) is 6.66. The van der Waals surface area contributed by atoms with Gasteiger partial charge in [0, 0.05) is 11.0 Å². The van der Waals surface area contributed by atoms with Gasteiger partial charge in [-0.2, -0.15) is 0 Å². The van der Waals surface area contributed by atoms with E-state index in [2.05, 4.69) is 15.9 Å². The maximum absolute atomic E-state index is 14.1. The highest BCUT2D eigenvalue weighted by Crippen LogP contribution is 2.30. The first-order valence-corrected chi connectivity index (χ1v) is 8.01. The fourth-order valence-electron chi connectivity index (χ4n) is 2.66. The predicted molar refractivity (Wildman–Crippen MR) is 86.7 cm³/mol. The first-order chi connectivity index (χ1) is 11.1. The van der Waals surface area contributed by atoms with E-state index in [1.165, 1.54) is 23.1 Å². The van der Waals surface area contributed by atoms with Crippen LogP contribution in [0.4, 0.5) is 14.5 Å². The second-order valence-electron chi connectivity index (χ2n) is 5.26. The summed E-state index contributed by atoms with van der Waals surface area (Å²) in [6.07, 6.45) is 1.49. The molecule has 3 rings (SSSR count). The molecule has 0 saturated heterocycles. The van der Waals surface area contributed by atoms with E-state index >= 15 is 0 Å². The number of carbonyl (C=O) groups excluding carboxylic acids is 1. The van der Waals surface area contributed by atoms with Gasteiger partial charge in [-0.05, 0) is 42.7 Å². The van der Waals surface area contributed by atoms with Crippen LogP contribution in [0.1, 0.15) is 12.0 Å². The van der Waals surface area contributed by atoms with Crippen molar-refractivity contribution in [3.63, 3.8) is 0 Å². The highest BCUT2D eigenvalue weighted by molar-refractivity contribution is 9.10. The molecule has 0 bridgehead atoms. The molecule has 0 N–H and O–H groups in total. The number of hydrogen-bond donors (Lipinski definition) is 0. The average Bonchev–Trinajstić information content (AvgIpc) is 2.53. The summed E-state index contributed by atoms with van der Waals surface area (Å²) in [6.45, 7) is 0.0886. The molecule has 1 aliphatic rings. The molecule has 23 heavy (non-hydrogen) atoms. The Bertz CT molecular complexity index is 751. The number of anilines is 1. The molecule has 3 nitrogen and oxygen atoms in total. The summed E-state index contributed by atoms with van der Waals surface area (Å²) in [5, 5.41) is 0. The van der Waals surface area contributed by atoms with Gasteiger partial charge in [0.25, 0.3) is 5.91 Å². The van der Waals surface area contributed by atoms with Gasteiger partial charge in [0.05, 0.1) is 5.69 Å². The Morgan fingerprint density at radius 3 is 2.83 bits per heavy atom. The minimum atomic E-state index is -0.558. The Hall–Kier alpha value is -1.95. The Kier molecular flexibility index (Phi) is 4.61. The summed E-state index contributed by atoms with van der Waals surface area (Å²) in [5.41, 5.74) is 1.11. The number of amides is 1. The number of nitrogens with zero attached hydrogens (tertiary/aromatic N) is 1. The molecule has 2 aromatic rings. The molecule has 6 heteroatoms. The van der Waals surface area contributed by atoms with Crippen molar-refractivity contribution in [3.8, 4) is 5.75 Å². The number of carbonyl (C=O) groups is 1. The third kappa shape index (κ3) is 3.37. The number of para-hydroxylation sites is 1. The van der Waals surface area contributed by atoms with Crippen LogP contribution in [0.15, 0.2) is 40.9 Å². The normalized spacial score (nSPS) is 13.6. The molecule has 0 unspecified atom stereocenters. The topological polar surface area (TPSA) is 29.5 Å². The minimum absolute atomic E-state index is 0.00711. The molecule has 2 aromatic carbocycles. The second-order valence-corrected chi connectivity index (χ2v) is 6.18. The van der Waals surface area contributed by atoms with Crippen LogP contribution in [0.25, 0.3) is 0 Å². The number of rotatable bonds is 3. The van der Waals surface area contributed by atoms with Crippen molar-refractivity contribution in [3.05, 3.63) is 58.1 Å². The van der Waals surface area contributed by atoms with Gasteiger partial charge in [-0.3, -0.25) is 4.79 Å². The molecule has 1 amide bonds. The SMILES string of the molecule is O=C(COc1ccc(Br)cc1F)N1CCCc2cccc(F)c21. The van der Waals surface area contributed by atoms with Crippen molar-refractivity contribution in [1.29, 1.82) is 0 Å². The number of ether oxygens (including phenoxy) is 1. The molecular formula is C17H14BrF2NO2. The molecule has 1 aliphatic heterocycles. The molecule has 0 radical (unpaired) electrons. The van der Waals surface area contributed by atoms with E-state index in [0.29, 0.717) is 16.7 Å². The maximum Gasteiger partial charge on any atom is 0.265 e. The monoisotopic (exact) mass is 381 g/mol. The van der Waals surface area contributed by atoms with Crippen LogP contribution in [0.2, 0.25) is 0 Å². The van der Waals surface area contributed by atoms with Gasteiger partial charge < -0.3 is 9.64 Å². The molecule has 0 saturated carbocycles. The van der Waals surface area contributed by atoms with Gasteiger partial charge in [-0.25, -0.2) is 8.78 Å². The highest BCUT2D eigenvalue weighted by atomic mass is 79.9. The van der Waals surface area contributed by atoms with Gasteiger partial charge in [0.2, 0.25) is 0 Å². The summed E-state index contributed by atoms with van der Waals surface area (Å²) in [6, 6.07) is 9.11. The number of hydrogen-bond acceptors (Lipinski definition) is 2. The van der Waals surface area contributed by atoms with E-state index in [4.69, 9.17) is 4.74 Å². The number of fused-ring (bicyclic) bond motifs is 1. The molecule has 0 spiro atoms. The van der Waals surface area contributed by atoms with Crippen LogP contribution >= 0.6 is 15.9 Å². The summed E-state index contributed by atoms with van der Waals surface area (Å²) >= 11 is 3.15. The van der Waals surface area contributed by atoms with E-state index in [9.17, 15) is 13.6 Å². The van der Waals surface area contributed by atoms with Crippen molar-refractivity contribution >= 4 is 27.5 Å². The fourth-order valence-corrected chi connectivity index (χ4v) is 3.00. The highest BCUT2D eigenvalue weighted by Gasteiger charge is 2.25. The minimum Gasteiger partial charge on any atom is -0.481 e. The first kappa shape index (κ1) is 15.9. The number of halogens is 3. The quantitative estimate of drug-likeness (QED) is 0.801. The van der Waals surface area contributed by atoms with E-state index in [-0.39, 0.29) is 12.4 Å². The summed E-state index contributed by atoms with van der Waals surface area (Å²) in [4.78, 5) is 13.7. The van der Waals surface area contributed by atoms with E-state index in [1.807, 2.05) is 6.07 Å². The first-order valence-electron chi connectivity index (χ1n) is 7.22. The summed E-state index contributed by atoms with van der Waals surface area (Å²) in [7, 11) is 0. The lowest BCUT2D eigenvalue weighted by molar-refractivity contribution is -0.120. The standard InChI is InChI=1S/C17H14BrF2NO2/c18-12-6-7-15(14(20)9-12)23-10-16(22)21-8-2-4-11-3-1-5-13(19)17(11)21/h1,3,5-7,9H,2,4,8,10H2. The van der Waals surface area contributed by atoms with Crippen LogP contribution < -0.4 is 9.64 Å². The largest absolute Gasteiger partial charge is 0.481 e. The third-order valence-corrected chi connectivity index (χ3v) is 4.21. The summed E-state index contributed by atoms with van der Waals surface area (Å²) in [5.74, 6) is -1.38. The molecule has 0 fully saturated rings. The van der Waals surface area contributed by atoms with Gasteiger partial charge in [-0.15, -0.1) is 0 Å².